The Labute approximate surface area is 160 Å². The maximum atomic E-state index is 12.5. The van der Waals surface area contributed by atoms with Crippen molar-refractivity contribution in [2.24, 2.45) is 0 Å². The minimum atomic E-state index is -0.0224. The van der Waals surface area contributed by atoms with E-state index in [0.29, 0.717) is 12.1 Å². The van der Waals surface area contributed by atoms with Crippen LogP contribution in [0.4, 0.5) is 0 Å². The van der Waals surface area contributed by atoms with Crippen LogP contribution in [0.25, 0.3) is 0 Å². The predicted octanol–water partition coefficient (Wildman–Crippen LogP) is 4.49. The van der Waals surface area contributed by atoms with E-state index in [1.165, 1.54) is 17.7 Å². The van der Waals surface area contributed by atoms with Crippen LogP contribution in [0, 0.1) is 0 Å². The molecule has 1 atom stereocenters. The third-order valence-corrected chi connectivity index (χ3v) is 5.77. The highest BCUT2D eigenvalue weighted by Gasteiger charge is 2.24. The topological polar surface area (TPSA) is 41.6 Å². The molecule has 1 aliphatic rings. The molecule has 1 saturated heterocycles. The van der Waals surface area contributed by atoms with Crippen LogP contribution in [0.1, 0.15) is 53.9 Å². The van der Waals surface area contributed by atoms with Crippen molar-refractivity contribution in [2.45, 2.75) is 38.6 Å². The molecule has 1 amide bonds. The van der Waals surface area contributed by atoms with Crippen LogP contribution in [0.2, 0.25) is 0 Å². The van der Waals surface area contributed by atoms with E-state index in [4.69, 9.17) is 4.74 Å². The second-order valence-corrected chi connectivity index (χ2v) is 7.69. The Kier molecular flexibility index (Phi) is 7.09. The van der Waals surface area contributed by atoms with Gasteiger partial charge in [-0.25, -0.2) is 0 Å². The van der Waals surface area contributed by atoms with Crippen LogP contribution < -0.4 is 10.1 Å². The normalized spacial score (nSPS) is 15.7. The van der Waals surface area contributed by atoms with Crippen molar-refractivity contribution >= 4 is 17.2 Å². The number of benzene rings is 1. The molecule has 0 saturated carbocycles. The molecule has 1 N–H and O–H groups in total. The molecule has 5 heteroatoms. The summed E-state index contributed by atoms with van der Waals surface area (Å²) in [4.78, 5) is 16.3. The van der Waals surface area contributed by atoms with Crippen LogP contribution in [0.3, 0.4) is 0 Å². The van der Waals surface area contributed by atoms with Crippen molar-refractivity contribution in [3.05, 3.63) is 52.2 Å². The monoisotopic (exact) mass is 372 g/mol. The number of likely N-dealkylation sites (tertiary alicyclic amines) is 1. The molecule has 2 heterocycles. The first kappa shape index (κ1) is 18.9. The lowest BCUT2D eigenvalue weighted by molar-refractivity contribution is 0.0938. The van der Waals surface area contributed by atoms with Crippen LogP contribution in [0.5, 0.6) is 5.75 Å². The van der Waals surface area contributed by atoms with Gasteiger partial charge in [0, 0.05) is 17.0 Å². The molecule has 0 bridgehead atoms. The molecule has 2 aromatic rings. The van der Waals surface area contributed by atoms with Crippen LogP contribution >= 0.6 is 11.3 Å². The SMILES string of the molecule is CCCCOc1ccc(C(=O)NCC(c2cccs2)N2CCCC2)cc1. The number of rotatable bonds is 9. The molecule has 0 radical (unpaired) electrons. The fourth-order valence-corrected chi connectivity index (χ4v) is 4.13. The minimum Gasteiger partial charge on any atom is -0.494 e. The summed E-state index contributed by atoms with van der Waals surface area (Å²) in [5.41, 5.74) is 0.680. The molecule has 1 aliphatic heterocycles. The van der Waals surface area contributed by atoms with Gasteiger partial charge in [-0.2, -0.15) is 0 Å². The maximum Gasteiger partial charge on any atom is 0.251 e. The first-order valence-electron chi connectivity index (χ1n) is 9.56. The van der Waals surface area contributed by atoms with Gasteiger partial charge in [0.05, 0.1) is 12.6 Å². The zero-order valence-electron chi connectivity index (χ0n) is 15.4. The molecule has 0 spiro atoms. The van der Waals surface area contributed by atoms with Crippen molar-refractivity contribution in [3.8, 4) is 5.75 Å². The lowest BCUT2D eigenvalue weighted by Crippen LogP contribution is -2.36. The molecule has 0 aliphatic carbocycles. The number of thiophene rings is 1. The molecule has 1 fully saturated rings. The number of nitrogens with zero attached hydrogens (tertiary/aromatic N) is 1. The molecule has 26 heavy (non-hydrogen) atoms. The highest BCUT2D eigenvalue weighted by Crippen LogP contribution is 2.28. The van der Waals surface area contributed by atoms with E-state index < -0.39 is 0 Å². The molecule has 1 unspecified atom stereocenters. The Morgan fingerprint density at radius 1 is 1.23 bits per heavy atom. The highest BCUT2D eigenvalue weighted by molar-refractivity contribution is 7.10. The van der Waals surface area contributed by atoms with Crippen molar-refractivity contribution in [1.82, 2.24) is 10.2 Å². The summed E-state index contributed by atoms with van der Waals surface area (Å²) in [6.45, 7) is 5.74. The first-order chi connectivity index (χ1) is 12.8. The largest absolute Gasteiger partial charge is 0.494 e. The van der Waals surface area contributed by atoms with E-state index in [1.807, 2.05) is 24.3 Å². The van der Waals surface area contributed by atoms with Gasteiger partial charge in [0.25, 0.3) is 5.91 Å². The number of carbonyl (C=O) groups excluding carboxylic acids is 1. The standard InChI is InChI=1S/C21H28N2O2S/c1-2-3-14-25-18-10-8-17(9-11-18)21(24)22-16-19(20-7-6-15-26-20)23-12-4-5-13-23/h6-11,15,19H,2-5,12-14,16H2,1H3,(H,22,24). The molecular formula is C21H28N2O2S. The Balaban J connectivity index is 1.56. The van der Waals surface area contributed by atoms with Crippen LogP contribution in [-0.4, -0.2) is 37.0 Å². The number of hydrogen-bond acceptors (Lipinski definition) is 4. The molecule has 3 rings (SSSR count). The van der Waals surface area contributed by atoms with Gasteiger partial charge in [0.2, 0.25) is 0 Å². The van der Waals surface area contributed by atoms with Gasteiger partial charge in [0.1, 0.15) is 5.75 Å². The van der Waals surface area contributed by atoms with E-state index >= 15 is 0 Å². The van der Waals surface area contributed by atoms with Crippen molar-refractivity contribution in [3.63, 3.8) is 0 Å². The van der Waals surface area contributed by atoms with Crippen molar-refractivity contribution in [1.29, 1.82) is 0 Å². The Hall–Kier alpha value is -1.85. The van der Waals surface area contributed by atoms with Gasteiger partial charge < -0.3 is 10.1 Å². The Morgan fingerprint density at radius 3 is 2.65 bits per heavy atom. The summed E-state index contributed by atoms with van der Waals surface area (Å²) in [6.07, 6.45) is 4.65. The van der Waals surface area contributed by atoms with Crippen molar-refractivity contribution in [2.75, 3.05) is 26.2 Å². The second-order valence-electron chi connectivity index (χ2n) is 6.71. The number of amides is 1. The number of nitrogens with one attached hydrogen (secondary N) is 1. The van der Waals surface area contributed by atoms with Gasteiger partial charge in [-0.3, -0.25) is 9.69 Å². The highest BCUT2D eigenvalue weighted by atomic mass is 32.1. The van der Waals surface area contributed by atoms with Crippen molar-refractivity contribution < 1.29 is 9.53 Å². The van der Waals surface area contributed by atoms with E-state index in [9.17, 15) is 4.79 Å². The van der Waals surface area contributed by atoms with Gasteiger partial charge in [-0.05, 0) is 68.1 Å². The summed E-state index contributed by atoms with van der Waals surface area (Å²) in [5, 5.41) is 5.23. The van der Waals surface area contributed by atoms with E-state index in [-0.39, 0.29) is 11.9 Å². The minimum absolute atomic E-state index is 0.0224. The van der Waals surface area contributed by atoms with Crippen LogP contribution in [0.15, 0.2) is 41.8 Å². The molecular weight excluding hydrogens is 344 g/mol. The molecule has 1 aromatic heterocycles. The molecule has 4 nitrogen and oxygen atoms in total. The average Bonchev–Trinajstić information content (AvgIpc) is 3.37. The molecule has 140 valence electrons. The lowest BCUT2D eigenvalue weighted by atomic mass is 10.1. The smallest absolute Gasteiger partial charge is 0.251 e. The van der Waals surface area contributed by atoms with E-state index in [1.54, 1.807) is 11.3 Å². The van der Waals surface area contributed by atoms with Gasteiger partial charge in [-0.15, -0.1) is 11.3 Å². The summed E-state index contributed by atoms with van der Waals surface area (Å²) in [6, 6.07) is 12.0. The molecule has 1 aromatic carbocycles. The van der Waals surface area contributed by atoms with Gasteiger partial charge in [0.15, 0.2) is 0 Å². The number of carbonyl (C=O) groups is 1. The third kappa shape index (κ3) is 5.08. The fraction of sp³-hybridized carbons (Fsp3) is 0.476. The fourth-order valence-electron chi connectivity index (χ4n) is 3.27. The summed E-state index contributed by atoms with van der Waals surface area (Å²) < 4.78 is 5.66. The quantitative estimate of drug-likeness (QED) is 0.659. The summed E-state index contributed by atoms with van der Waals surface area (Å²) in [5.74, 6) is 0.800. The number of hydrogen-bond donors (Lipinski definition) is 1. The summed E-state index contributed by atoms with van der Waals surface area (Å²) >= 11 is 1.77. The number of unbranched alkanes of at least 4 members (excludes halogenated alkanes) is 1. The average molecular weight is 373 g/mol. The van der Waals surface area contributed by atoms with Gasteiger partial charge >= 0.3 is 0 Å². The van der Waals surface area contributed by atoms with E-state index in [2.05, 4.69) is 34.7 Å². The van der Waals surface area contributed by atoms with E-state index in [0.717, 1.165) is 38.3 Å². The zero-order valence-corrected chi connectivity index (χ0v) is 16.3. The maximum absolute atomic E-state index is 12.5. The summed E-state index contributed by atoms with van der Waals surface area (Å²) in [7, 11) is 0. The number of ether oxygens (including phenoxy) is 1. The van der Waals surface area contributed by atoms with Crippen LogP contribution in [-0.2, 0) is 0 Å². The zero-order chi connectivity index (χ0) is 18.2. The second kappa shape index (κ2) is 9.74. The first-order valence-corrected chi connectivity index (χ1v) is 10.4. The lowest BCUT2D eigenvalue weighted by Gasteiger charge is -2.26. The van der Waals surface area contributed by atoms with Gasteiger partial charge in [-0.1, -0.05) is 19.4 Å². The predicted molar refractivity (Wildman–Crippen MR) is 107 cm³/mol. The Bertz CT molecular complexity index is 664. The Morgan fingerprint density at radius 2 is 2.00 bits per heavy atom. The third-order valence-electron chi connectivity index (χ3n) is 4.79.